The zero-order valence-electron chi connectivity index (χ0n) is 18.6. The maximum absolute atomic E-state index is 12.2. The van der Waals surface area contributed by atoms with E-state index < -0.39 is 11.9 Å². The van der Waals surface area contributed by atoms with Crippen molar-refractivity contribution < 1.29 is 19.1 Å². The van der Waals surface area contributed by atoms with Crippen LogP contribution in [-0.2, 0) is 20.3 Å². The van der Waals surface area contributed by atoms with Gasteiger partial charge in [-0.3, -0.25) is 0 Å². The number of ether oxygens (including phenoxy) is 2. The zero-order chi connectivity index (χ0) is 22.0. The highest BCUT2D eigenvalue weighted by atomic mass is 16.5. The molecule has 0 aromatic heterocycles. The number of hydrogen-bond acceptors (Lipinski definition) is 5. The van der Waals surface area contributed by atoms with Crippen molar-refractivity contribution in [1.29, 1.82) is 0 Å². The quantitative estimate of drug-likeness (QED) is 0.681. The minimum Gasteiger partial charge on any atom is -0.465 e. The fourth-order valence-electron chi connectivity index (χ4n) is 2.90. The Balaban J connectivity index is 2.62. The smallest absolute Gasteiger partial charge is 0.339 e. The molecular formula is C24H31NO4. The van der Waals surface area contributed by atoms with Crippen molar-refractivity contribution >= 4 is 23.3 Å². The van der Waals surface area contributed by atoms with E-state index in [4.69, 9.17) is 9.47 Å². The van der Waals surface area contributed by atoms with Gasteiger partial charge in [-0.1, -0.05) is 47.6 Å². The number of hydrogen-bond donors (Lipinski definition) is 1. The Labute approximate surface area is 173 Å². The average molecular weight is 398 g/mol. The molecule has 0 saturated carbocycles. The molecule has 0 amide bonds. The summed E-state index contributed by atoms with van der Waals surface area (Å²) in [7, 11) is 2.66. The number of methoxy groups -OCH3 is 2. The summed E-state index contributed by atoms with van der Waals surface area (Å²) in [6.07, 6.45) is 0. The topological polar surface area (TPSA) is 64.6 Å². The molecule has 0 fully saturated rings. The van der Waals surface area contributed by atoms with Crippen LogP contribution in [0.1, 0.15) is 73.4 Å². The first-order valence-corrected chi connectivity index (χ1v) is 9.60. The van der Waals surface area contributed by atoms with Crippen LogP contribution in [0.3, 0.4) is 0 Å². The second-order valence-electron chi connectivity index (χ2n) is 9.17. The summed E-state index contributed by atoms with van der Waals surface area (Å²) in [6.45, 7) is 13.0. The largest absolute Gasteiger partial charge is 0.465 e. The molecular weight excluding hydrogens is 366 g/mol. The Kier molecular flexibility index (Phi) is 6.41. The lowest BCUT2D eigenvalue weighted by Crippen LogP contribution is -2.17. The molecule has 2 aromatic carbocycles. The summed E-state index contributed by atoms with van der Waals surface area (Å²) < 4.78 is 9.72. The minimum atomic E-state index is -0.480. The number of esters is 2. The predicted molar refractivity (Wildman–Crippen MR) is 116 cm³/mol. The molecule has 29 heavy (non-hydrogen) atoms. The first-order chi connectivity index (χ1) is 13.4. The fourth-order valence-corrected chi connectivity index (χ4v) is 2.90. The third kappa shape index (κ3) is 5.37. The van der Waals surface area contributed by atoms with Gasteiger partial charge in [0.1, 0.15) is 0 Å². The monoisotopic (exact) mass is 397 g/mol. The molecule has 0 aliphatic carbocycles. The van der Waals surface area contributed by atoms with Crippen LogP contribution < -0.4 is 5.32 Å². The molecule has 0 spiro atoms. The second kappa shape index (κ2) is 8.27. The molecule has 156 valence electrons. The van der Waals surface area contributed by atoms with E-state index >= 15 is 0 Å². The lowest BCUT2D eigenvalue weighted by molar-refractivity contribution is 0.0587. The molecule has 0 bridgehead atoms. The highest BCUT2D eigenvalue weighted by Gasteiger charge is 2.22. The predicted octanol–water partition coefficient (Wildman–Crippen LogP) is 5.60. The summed E-state index contributed by atoms with van der Waals surface area (Å²) in [4.78, 5) is 24.2. The van der Waals surface area contributed by atoms with Crippen molar-refractivity contribution in [1.82, 2.24) is 0 Å². The number of carbonyl (C=O) groups excluding carboxylic acids is 2. The highest BCUT2D eigenvalue weighted by Crippen LogP contribution is 2.34. The van der Waals surface area contributed by atoms with Crippen LogP contribution in [0.15, 0.2) is 36.4 Å². The number of nitrogens with one attached hydrogen (secondary N) is 1. The van der Waals surface area contributed by atoms with Crippen LogP contribution in [0, 0.1) is 0 Å². The summed E-state index contributed by atoms with van der Waals surface area (Å²) >= 11 is 0. The van der Waals surface area contributed by atoms with E-state index in [0.717, 1.165) is 5.69 Å². The molecule has 2 aromatic rings. The van der Waals surface area contributed by atoms with Crippen molar-refractivity contribution in [2.45, 2.75) is 52.4 Å². The second-order valence-corrected chi connectivity index (χ2v) is 9.17. The Morgan fingerprint density at radius 2 is 1.28 bits per heavy atom. The minimum absolute atomic E-state index is 0.0449. The van der Waals surface area contributed by atoms with Gasteiger partial charge in [0.2, 0.25) is 0 Å². The van der Waals surface area contributed by atoms with Crippen LogP contribution in [0.2, 0.25) is 0 Å². The van der Waals surface area contributed by atoms with Crippen molar-refractivity contribution in [3.63, 3.8) is 0 Å². The maximum atomic E-state index is 12.2. The van der Waals surface area contributed by atoms with Gasteiger partial charge in [-0.15, -0.1) is 0 Å². The van der Waals surface area contributed by atoms with E-state index in [-0.39, 0.29) is 10.8 Å². The van der Waals surface area contributed by atoms with Crippen LogP contribution in [0.5, 0.6) is 0 Å². The lowest BCUT2D eigenvalue weighted by atomic mass is 9.80. The highest BCUT2D eigenvalue weighted by molar-refractivity contribution is 5.99. The van der Waals surface area contributed by atoms with Crippen molar-refractivity contribution in [2.75, 3.05) is 19.5 Å². The number of benzene rings is 2. The first kappa shape index (κ1) is 22.5. The molecule has 0 aliphatic rings. The Morgan fingerprint density at radius 1 is 0.759 bits per heavy atom. The van der Waals surface area contributed by atoms with Crippen molar-refractivity contribution in [3.8, 4) is 0 Å². The van der Waals surface area contributed by atoms with Gasteiger partial charge in [-0.05, 0) is 52.3 Å². The van der Waals surface area contributed by atoms with E-state index in [1.165, 1.54) is 25.3 Å². The number of carbonyl (C=O) groups is 2. The van der Waals surface area contributed by atoms with E-state index in [9.17, 15) is 9.59 Å². The SMILES string of the molecule is COC(=O)c1ccc(C(=O)OC)c(Nc2cc(C(C)(C)C)cc(C(C)(C)C)c2)c1. The van der Waals surface area contributed by atoms with E-state index in [2.05, 4.69) is 65.1 Å². The van der Waals surface area contributed by atoms with Crippen molar-refractivity contribution in [3.05, 3.63) is 58.7 Å². The molecule has 0 atom stereocenters. The van der Waals surface area contributed by atoms with Gasteiger partial charge in [0.05, 0.1) is 31.0 Å². The number of rotatable bonds is 4. The third-order valence-electron chi connectivity index (χ3n) is 4.79. The summed E-state index contributed by atoms with van der Waals surface area (Å²) in [5.74, 6) is -0.949. The van der Waals surface area contributed by atoms with Crippen LogP contribution >= 0.6 is 0 Å². The Morgan fingerprint density at radius 3 is 1.72 bits per heavy atom. The Bertz CT molecular complexity index is 885. The fraction of sp³-hybridized carbons (Fsp3) is 0.417. The van der Waals surface area contributed by atoms with E-state index in [1.54, 1.807) is 18.2 Å². The number of anilines is 2. The molecule has 5 heteroatoms. The van der Waals surface area contributed by atoms with Gasteiger partial charge in [0.15, 0.2) is 0 Å². The lowest BCUT2D eigenvalue weighted by Gasteiger charge is -2.26. The van der Waals surface area contributed by atoms with Gasteiger partial charge >= 0.3 is 11.9 Å². The standard InChI is InChI=1S/C24H31NO4/c1-23(2,3)16-12-17(24(4,5)6)14-18(13-16)25-20-11-15(21(26)28-7)9-10-19(20)22(27)29-8/h9-14,25H,1-8H3. The molecule has 0 radical (unpaired) electrons. The third-order valence-corrected chi connectivity index (χ3v) is 4.79. The van der Waals surface area contributed by atoms with E-state index in [0.29, 0.717) is 16.8 Å². The van der Waals surface area contributed by atoms with E-state index in [1.807, 2.05) is 0 Å². The summed E-state index contributed by atoms with van der Waals surface area (Å²) in [5.41, 5.74) is 4.30. The van der Waals surface area contributed by atoms with Gasteiger partial charge in [-0.25, -0.2) is 9.59 Å². The molecule has 2 rings (SSSR count). The average Bonchev–Trinajstić information content (AvgIpc) is 2.65. The maximum Gasteiger partial charge on any atom is 0.339 e. The molecule has 0 aliphatic heterocycles. The van der Waals surface area contributed by atoms with Gasteiger partial charge in [0, 0.05) is 5.69 Å². The van der Waals surface area contributed by atoms with Crippen LogP contribution in [-0.4, -0.2) is 26.2 Å². The molecule has 0 heterocycles. The normalized spacial score (nSPS) is 11.7. The van der Waals surface area contributed by atoms with Gasteiger partial charge < -0.3 is 14.8 Å². The first-order valence-electron chi connectivity index (χ1n) is 9.60. The molecule has 5 nitrogen and oxygen atoms in total. The van der Waals surface area contributed by atoms with Crippen molar-refractivity contribution in [2.24, 2.45) is 0 Å². The zero-order valence-corrected chi connectivity index (χ0v) is 18.6. The molecule has 1 N–H and O–H groups in total. The van der Waals surface area contributed by atoms with Gasteiger partial charge in [0.25, 0.3) is 0 Å². The molecule has 0 saturated heterocycles. The van der Waals surface area contributed by atoms with Gasteiger partial charge in [-0.2, -0.15) is 0 Å². The van der Waals surface area contributed by atoms with Crippen LogP contribution in [0.4, 0.5) is 11.4 Å². The van der Waals surface area contributed by atoms with Crippen LogP contribution in [0.25, 0.3) is 0 Å². The summed E-state index contributed by atoms with van der Waals surface area (Å²) in [5, 5.41) is 3.32. The molecule has 0 unspecified atom stereocenters. The summed E-state index contributed by atoms with van der Waals surface area (Å²) in [6, 6.07) is 11.1. The Hall–Kier alpha value is -2.82.